The maximum Gasteiger partial charge on any atom is 0.252 e. The molecule has 7 nitrogen and oxygen atoms in total. The predicted octanol–water partition coefficient (Wildman–Crippen LogP) is 4.41. The summed E-state index contributed by atoms with van der Waals surface area (Å²) in [5.74, 6) is 0.163. The van der Waals surface area contributed by atoms with E-state index in [1.165, 1.54) is 0 Å². The van der Waals surface area contributed by atoms with Gasteiger partial charge in [-0.05, 0) is 62.9 Å². The molecule has 1 aliphatic heterocycles. The van der Waals surface area contributed by atoms with Gasteiger partial charge in [0.1, 0.15) is 0 Å². The van der Waals surface area contributed by atoms with Gasteiger partial charge in [0.2, 0.25) is 0 Å². The van der Waals surface area contributed by atoms with E-state index in [1.54, 1.807) is 6.20 Å². The molecule has 0 radical (unpaired) electrons. The van der Waals surface area contributed by atoms with E-state index >= 15 is 0 Å². The van der Waals surface area contributed by atoms with E-state index in [1.807, 2.05) is 35.0 Å². The van der Waals surface area contributed by atoms with Gasteiger partial charge in [0.15, 0.2) is 5.65 Å². The lowest BCUT2D eigenvalue weighted by molar-refractivity contribution is 0.0932. The molecule has 0 spiro atoms. The number of fused-ring (bicyclic) bond motifs is 1. The highest BCUT2D eigenvalue weighted by Gasteiger charge is 2.24. The average molecular weight is 431 g/mol. The first kappa shape index (κ1) is 21.8. The summed E-state index contributed by atoms with van der Waals surface area (Å²) < 4.78 is 1.88. The van der Waals surface area contributed by atoms with Crippen molar-refractivity contribution in [1.29, 1.82) is 5.26 Å². The molecule has 166 valence electrons. The van der Waals surface area contributed by atoms with Crippen LogP contribution in [0, 0.1) is 11.3 Å². The molecule has 0 bridgehead atoms. The third-order valence-electron chi connectivity index (χ3n) is 6.10. The minimum atomic E-state index is -0.0561. The van der Waals surface area contributed by atoms with Crippen LogP contribution in [0.15, 0.2) is 36.5 Å². The molecule has 1 amide bonds. The molecule has 2 aromatic heterocycles. The van der Waals surface area contributed by atoms with Gasteiger partial charge < -0.3 is 10.2 Å². The molecule has 1 N–H and O–H groups in total. The molecule has 1 fully saturated rings. The Morgan fingerprint density at radius 1 is 1.16 bits per heavy atom. The second-order valence-corrected chi connectivity index (χ2v) is 9.06. The molecule has 1 aliphatic rings. The van der Waals surface area contributed by atoms with Crippen LogP contribution < -0.4 is 10.2 Å². The van der Waals surface area contributed by atoms with Crippen molar-refractivity contribution in [3.63, 3.8) is 0 Å². The average Bonchev–Trinajstić information content (AvgIpc) is 3.23. The van der Waals surface area contributed by atoms with Crippen molar-refractivity contribution >= 4 is 22.6 Å². The van der Waals surface area contributed by atoms with Crippen LogP contribution in [-0.2, 0) is 0 Å². The summed E-state index contributed by atoms with van der Waals surface area (Å²) in [7, 11) is 0. The summed E-state index contributed by atoms with van der Waals surface area (Å²) in [4.78, 5) is 20.4. The van der Waals surface area contributed by atoms with E-state index in [-0.39, 0.29) is 23.9 Å². The van der Waals surface area contributed by atoms with E-state index in [9.17, 15) is 4.79 Å². The fraction of sp³-hybridized carbons (Fsp3) is 0.440. The zero-order valence-electron chi connectivity index (χ0n) is 19.2. The van der Waals surface area contributed by atoms with Gasteiger partial charge in [0, 0.05) is 36.6 Å². The van der Waals surface area contributed by atoms with Crippen LogP contribution in [-0.4, -0.2) is 39.8 Å². The van der Waals surface area contributed by atoms with Gasteiger partial charge in [-0.25, -0.2) is 9.67 Å². The third-order valence-corrected chi connectivity index (χ3v) is 6.10. The van der Waals surface area contributed by atoms with Gasteiger partial charge in [-0.2, -0.15) is 10.4 Å². The van der Waals surface area contributed by atoms with Gasteiger partial charge in [-0.15, -0.1) is 0 Å². The molecule has 1 aromatic carbocycles. The van der Waals surface area contributed by atoms with Crippen molar-refractivity contribution in [2.75, 3.05) is 18.0 Å². The minimum absolute atomic E-state index is 0.0561. The highest BCUT2D eigenvalue weighted by atomic mass is 16.1. The summed E-state index contributed by atoms with van der Waals surface area (Å²) >= 11 is 0. The number of anilines is 1. The number of nitriles is 1. The van der Waals surface area contributed by atoms with Crippen LogP contribution in [0.3, 0.4) is 0 Å². The summed E-state index contributed by atoms with van der Waals surface area (Å²) in [6.45, 7) is 10.0. The molecule has 7 heteroatoms. The van der Waals surface area contributed by atoms with Crippen LogP contribution in [0.1, 0.15) is 74.1 Å². The first-order chi connectivity index (χ1) is 15.4. The first-order valence-electron chi connectivity index (χ1n) is 11.3. The first-order valence-corrected chi connectivity index (χ1v) is 11.3. The van der Waals surface area contributed by atoms with E-state index in [0.717, 1.165) is 48.3 Å². The molecule has 0 unspecified atom stereocenters. The van der Waals surface area contributed by atoms with Crippen LogP contribution in [0.5, 0.6) is 0 Å². The highest BCUT2D eigenvalue weighted by molar-refractivity contribution is 6.05. The standard InChI is InChI=1S/C25H30N6O/c1-16(2)23-13-21(22-15-27-31(17(3)4)24(22)29-23)25(32)28-19-9-11-30(12-10-19)20-7-5-18(14-26)6-8-20/h5-8,13,15-17,19H,9-12H2,1-4H3,(H,28,32). The number of amides is 1. The van der Waals surface area contributed by atoms with Crippen LogP contribution in [0.4, 0.5) is 5.69 Å². The zero-order valence-corrected chi connectivity index (χ0v) is 19.2. The Balaban J connectivity index is 1.49. The number of pyridine rings is 1. The third kappa shape index (κ3) is 4.31. The van der Waals surface area contributed by atoms with Crippen molar-refractivity contribution < 1.29 is 4.79 Å². The monoisotopic (exact) mass is 430 g/mol. The Kier molecular flexibility index (Phi) is 6.13. The molecule has 0 saturated carbocycles. The lowest BCUT2D eigenvalue weighted by atomic mass is 10.0. The number of nitrogens with one attached hydrogen (secondary N) is 1. The summed E-state index contributed by atoms with van der Waals surface area (Å²) in [5.41, 5.74) is 4.11. The number of piperidine rings is 1. The Labute approximate surface area is 189 Å². The number of hydrogen-bond donors (Lipinski definition) is 1. The van der Waals surface area contributed by atoms with Gasteiger partial charge in [-0.3, -0.25) is 4.79 Å². The Morgan fingerprint density at radius 3 is 2.44 bits per heavy atom. The molecular formula is C25H30N6O. The Morgan fingerprint density at radius 2 is 1.84 bits per heavy atom. The zero-order chi connectivity index (χ0) is 22.8. The largest absolute Gasteiger partial charge is 0.371 e. The number of nitrogens with zero attached hydrogens (tertiary/aromatic N) is 5. The topological polar surface area (TPSA) is 86.8 Å². The second kappa shape index (κ2) is 8.99. The molecular weight excluding hydrogens is 400 g/mol. The summed E-state index contributed by atoms with van der Waals surface area (Å²) in [6.07, 6.45) is 3.51. The summed E-state index contributed by atoms with van der Waals surface area (Å²) in [6, 6.07) is 12.1. The Bertz CT molecular complexity index is 1150. The van der Waals surface area contributed by atoms with Crippen molar-refractivity contribution in [2.45, 2.75) is 58.5 Å². The number of rotatable bonds is 5. The maximum atomic E-state index is 13.3. The number of carbonyl (C=O) groups excluding carboxylic acids is 1. The highest BCUT2D eigenvalue weighted by Crippen LogP contribution is 2.25. The van der Waals surface area contributed by atoms with E-state index in [4.69, 9.17) is 10.2 Å². The predicted molar refractivity (Wildman–Crippen MR) is 126 cm³/mol. The van der Waals surface area contributed by atoms with Crippen LogP contribution >= 0.6 is 0 Å². The minimum Gasteiger partial charge on any atom is -0.371 e. The van der Waals surface area contributed by atoms with Gasteiger partial charge in [0.25, 0.3) is 5.91 Å². The van der Waals surface area contributed by atoms with Gasteiger partial charge in [-0.1, -0.05) is 13.8 Å². The number of hydrogen-bond acceptors (Lipinski definition) is 5. The molecule has 3 aromatic rings. The molecule has 3 heterocycles. The van der Waals surface area contributed by atoms with E-state index in [2.05, 4.69) is 49.1 Å². The lowest BCUT2D eigenvalue weighted by Gasteiger charge is -2.34. The Hall–Kier alpha value is -3.40. The quantitative estimate of drug-likeness (QED) is 0.648. The SMILES string of the molecule is CC(C)c1cc(C(=O)NC2CCN(c3ccc(C#N)cc3)CC2)c2cnn(C(C)C)c2n1. The molecule has 0 atom stereocenters. The molecule has 1 saturated heterocycles. The lowest BCUT2D eigenvalue weighted by Crippen LogP contribution is -2.44. The fourth-order valence-corrected chi connectivity index (χ4v) is 4.19. The van der Waals surface area contributed by atoms with Crippen molar-refractivity contribution in [2.24, 2.45) is 0 Å². The molecule has 0 aliphatic carbocycles. The fourth-order valence-electron chi connectivity index (χ4n) is 4.19. The summed E-state index contributed by atoms with van der Waals surface area (Å²) in [5, 5.41) is 17.5. The van der Waals surface area contributed by atoms with E-state index in [0.29, 0.717) is 11.1 Å². The van der Waals surface area contributed by atoms with Crippen molar-refractivity contribution in [1.82, 2.24) is 20.1 Å². The van der Waals surface area contributed by atoms with Crippen LogP contribution in [0.25, 0.3) is 11.0 Å². The maximum absolute atomic E-state index is 13.3. The van der Waals surface area contributed by atoms with Gasteiger partial charge in [0.05, 0.1) is 28.8 Å². The molecule has 4 rings (SSSR count). The van der Waals surface area contributed by atoms with Crippen molar-refractivity contribution in [3.05, 3.63) is 53.3 Å². The van der Waals surface area contributed by atoms with Crippen molar-refractivity contribution in [3.8, 4) is 6.07 Å². The second-order valence-electron chi connectivity index (χ2n) is 9.06. The normalized spacial score (nSPS) is 14.8. The van der Waals surface area contributed by atoms with E-state index < -0.39 is 0 Å². The number of benzene rings is 1. The number of carbonyl (C=O) groups is 1. The smallest absolute Gasteiger partial charge is 0.252 e. The number of aromatic nitrogens is 3. The molecule has 32 heavy (non-hydrogen) atoms. The van der Waals surface area contributed by atoms with Crippen LogP contribution in [0.2, 0.25) is 0 Å². The van der Waals surface area contributed by atoms with Gasteiger partial charge >= 0.3 is 0 Å².